The summed E-state index contributed by atoms with van der Waals surface area (Å²) in [6, 6.07) is 15.4. The first-order valence-corrected chi connectivity index (χ1v) is 9.43. The van der Waals surface area contributed by atoms with Gasteiger partial charge in [0.1, 0.15) is 5.75 Å². The van der Waals surface area contributed by atoms with Crippen LogP contribution in [0.5, 0.6) is 5.75 Å². The average Bonchev–Trinajstić information content (AvgIpc) is 3.23. The highest BCUT2D eigenvalue weighted by Gasteiger charge is 2.19. The Labute approximate surface area is 173 Å². The Balaban J connectivity index is 1.69. The summed E-state index contributed by atoms with van der Waals surface area (Å²) in [6.45, 7) is 4.46. The van der Waals surface area contributed by atoms with Gasteiger partial charge in [0, 0.05) is 12.7 Å². The molecule has 0 fully saturated rings. The summed E-state index contributed by atoms with van der Waals surface area (Å²) in [7, 11) is 1.85. The number of aromatic nitrogens is 5. The van der Waals surface area contributed by atoms with Crippen LogP contribution in [0.2, 0.25) is 0 Å². The zero-order valence-corrected chi connectivity index (χ0v) is 16.9. The van der Waals surface area contributed by atoms with E-state index in [1.807, 2.05) is 74.3 Å². The molecule has 0 aliphatic rings. The van der Waals surface area contributed by atoms with E-state index in [2.05, 4.69) is 25.1 Å². The normalized spacial score (nSPS) is 10.8. The van der Waals surface area contributed by atoms with E-state index < -0.39 is 0 Å². The topological polar surface area (TPSA) is 116 Å². The van der Waals surface area contributed by atoms with Crippen molar-refractivity contribution in [2.45, 2.75) is 13.8 Å². The van der Waals surface area contributed by atoms with E-state index in [4.69, 9.17) is 15.0 Å². The highest BCUT2D eigenvalue weighted by molar-refractivity contribution is 5.65. The standard InChI is InChI=1S/C21H21N7O2/c1-4-29-16-11-6-5-10-15(16)19-23-18(27-30-19)17-24-20(22)26-21(25-17)28(3)14-9-7-8-13(2)12-14/h5-12H,4H2,1-3H3,(H2,22,24,25,26). The molecule has 0 aliphatic heterocycles. The summed E-state index contributed by atoms with van der Waals surface area (Å²) >= 11 is 0. The first kappa shape index (κ1) is 19.3. The minimum atomic E-state index is 0.0653. The first-order valence-electron chi connectivity index (χ1n) is 9.43. The quantitative estimate of drug-likeness (QED) is 0.515. The molecule has 2 N–H and O–H groups in total. The molecular formula is C21H21N7O2. The minimum absolute atomic E-state index is 0.0653. The summed E-state index contributed by atoms with van der Waals surface area (Å²) in [5, 5.41) is 4.02. The lowest BCUT2D eigenvalue weighted by Gasteiger charge is -2.17. The number of hydrogen-bond acceptors (Lipinski definition) is 9. The van der Waals surface area contributed by atoms with Crippen molar-refractivity contribution in [3.63, 3.8) is 0 Å². The predicted octanol–water partition coefficient (Wildman–Crippen LogP) is 3.65. The first-order chi connectivity index (χ1) is 14.5. The maximum atomic E-state index is 5.93. The van der Waals surface area contributed by atoms with Gasteiger partial charge < -0.3 is 19.9 Å². The molecule has 0 saturated carbocycles. The second kappa shape index (κ2) is 8.16. The van der Waals surface area contributed by atoms with Gasteiger partial charge in [0.15, 0.2) is 0 Å². The molecule has 0 saturated heterocycles. The van der Waals surface area contributed by atoms with Crippen LogP contribution < -0.4 is 15.4 Å². The Bertz CT molecular complexity index is 1180. The molecule has 9 heteroatoms. The third kappa shape index (κ3) is 3.90. The molecule has 9 nitrogen and oxygen atoms in total. The molecule has 152 valence electrons. The molecule has 4 rings (SSSR count). The van der Waals surface area contributed by atoms with E-state index in [9.17, 15) is 0 Å². The van der Waals surface area contributed by atoms with E-state index in [1.54, 1.807) is 0 Å². The number of ether oxygens (including phenoxy) is 1. The molecule has 0 aliphatic carbocycles. The molecule has 2 aromatic heterocycles. The van der Waals surface area contributed by atoms with Crippen LogP contribution >= 0.6 is 0 Å². The fourth-order valence-electron chi connectivity index (χ4n) is 2.93. The highest BCUT2D eigenvalue weighted by Crippen LogP contribution is 2.30. The third-order valence-electron chi connectivity index (χ3n) is 4.37. The molecular weight excluding hydrogens is 382 g/mol. The number of benzene rings is 2. The SMILES string of the molecule is CCOc1ccccc1-c1nc(-c2nc(N)nc(N(C)c3cccc(C)c3)n2)no1. The van der Waals surface area contributed by atoms with Crippen molar-refractivity contribution in [2.75, 3.05) is 24.3 Å². The zero-order valence-electron chi connectivity index (χ0n) is 16.9. The highest BCUT2D eigenvalue weighted by atomic mass is 16.5. The molecule has 0 unspecified atom stereocenters. The summed E-state index contributed by atoms with van der Waals surface area (Å²) in [4.78, 5) is 19.2. The fourth-order valence-corrected chi connectivity index (χ4v) is 2.93. The van der Waals surface area contributed by atoms with E-state index in [1.165, 1.54) is 0 Å². The maximum Gasteiger partial charge on any atom is 0.262 e. The molecule has 0 bridgehead atoms. The minimum Gasteiger partial charge on any atom is -0.493 e. The van der Waals surface area contributed by atoms with Crippen LogP contribution in [0.15, 0.2) is 53.1 Å². The Hall–Kier alpha value is -4.01. The van der Waals surface area contributed by atoms with E-state index in [0.717, 1.165) is 11.3 Å². The Morgan fingerprint density at radius 1 is 1.00 bits per heavy atom. The lowest BCUT2D eigenvalue weighted by atomic mass is 10.2. The Morgan fingerprint density at radius 3 is 2.63 bits per heavy atom. The van der Waals surface area contributed by atoms with Crippen molar-refractivity contribution < 1.29 is 9.26 Å². The summed E-state index contributed by atoms with van der Waals surface area (Å²) in [5.41, 5.74) is 8.67. The lowest BCUT2D eigenvalue weighted by molar-refractivity contribution is 0.339. The summed E-state index contributed by atoms with van der Waals surface area (Å²) < 4.78 is 11.1. The van der Waals surface area contributed by atoms with Gasteiger partial charge in [-0.2, -0.15) is 19.9 Å². The molecule has 0 amide bonds. The Kier molecular flexibility index (Phi) is 5.25. The average molecular weight is 403 g/mol. The number of rotatable bonds is 6. The van der Waals surface area contributed by atoms with Crippen LogP contribution in [0.1, 0.15) is 12.5 Å². The lowest BCUT2D eigenvalue weighted by Crippen LogP contribution is -2.15. The molecule has 0 radical (unpaired) electrons. The number of aryl methyl sites for hydroxylation is 1. The zero-order chi connectivity index (χ0) is 21.1. The van der Waals surface area contributed by atoms with E-state index in [-0.39, 0.29) is 17.6 Å². The largest absolute Gasteiger partial charge is 0.493 e. The predicted molar refractivity (Wildman–Crippen MR) is 113 cm³/mol. The fraction of sp³-hybridized carbons (Fsp3) is 0.190. The van der Waals surface area contributed by atoms with Crippen LogP contribution in [0.4, 0.5) is 17.6 Å². The summed E-state index contributed by atoms with van der Waals surface area (Å²) in [6.07, 6.45) is 0. The van der Waals surface area contributed by atoms with Gasteiger partial charge in [-0.15, -0.1) is 0 Å². The van der Waals surface area contributed by atoms with Gasteiger partial charge in [-0.3, -0.25) is 0 Å². The number of para-hydroxylation sites is 1. The van der Waals surface area contributed by atoms with Gasteiger partial charge in [-0.05, 0) is 43.7 Å². The van der Waals surface area contributed by atoms with Gasteiger partial charge in [0.25, 0.3) is 5.89 Å². The van der Waals surface area contributed by atoms with E-state index in [0.29, 0.717) is 29.8 Å². The third-order valence-corrected chi connectivity index (χ3v) is 4.37. The maximum absolute atomic E-state index is 5.93. The monoisotopic (exact) mass is 403 g/mol. The Morgan fingerprint density at radius 2 is 1.83 bits per heavy atom. The van der Waals surface area contributed by atoms with E-state index >= 15 is 0 Å². The molecule has 2 aromatic carbocycles. The van der Waals surface area contributed by atoms with Crippen molar-refractivity contribution in [3.05, 3.63) is 54.1 Å². The van der Waals surface area contributed by atoms with Crippen molar-refractivity contribution in [1.82, 2.24) is 25.1 Å². The van der Waals surface area contributed by atoms with Crippen molar-refractivity contribution in [1.29, 1.82) is 0 Å². The summed E-state index contributed by atoms with van der Waals surface area (Å²) in [5.74, 6) is 1.84. The smallest absolute Gasteiger partial charge is 0.262 e. The molecule has 0 atom stereocenters. The number of anilines is 3. The second-order valence-electron chi connectivity index (χ2n) is 6.57. The van der Waals surface area contributed by atoms with Crippen LogP contribution in [0.3, 0.4) is 0 Å². The number of nitrogen functional groups attached to an aromatic ring is 1. The number of hydrogen-bond donors (Lipinski definition) is 1. The van der Waals surface area contributed by atoms with Crippen LogP contribution in [0, 0.1) is 6.92 Å². The van der Waals surface area contributed by atoms with Gasteiger partial charge in [-0.25, -0.2) is 0 Å². The van der Waals surface area contributed by atoms with Crippen LogP contribution in [0.25, 0.3) is 23.1 Å². The second-order valence-corrected chi connectivity index (χ2v) is 6.57. The van der Waals surface area contributed by atoms with Crippen molar-refractivity contribution in [2.24, 2.45) is 0 Å². The van der Waals surface area contributed by atoms with Gasteiger partial charge >= 0.3 is 0 Å². The van der Waals surface area contributed by atoms with Gasteiger partial charge in [-0.1, -0.05) is 29.4 Å². The van der Waals surface area contributed by atoms with Gasteiger partial charge in [0.2, 0.25) is 23.5 Å². The van der Waals surface area contributed by atoms with Crippen LogP contribution in [-0.2, 0) is 0 Å². The van der Waals surface area contributed by atoms with Crippen molar-refractivity contribution >= 4 is 17.6 Å². The molecule has 30 heavy (non-hydrogen) atoms. The molecule has 0 spiro atoms. The molecule has 4 aromatic rings. The van der Waals surface area contributed by atoms with Crippen molar-refractivity contribution in [3.8, 4) is 28.9 Å². The molecule has 2 heterocycles. The number of nitrogens with two attached hydrogens (primary N) is 1. The number of nitrogens with zero attached hydrogens (tertiary/aromatic N) is 6. The van der Waals surface area contributed by atoms with Crippen LogP contribution in [-0.4, -0.2) is 38.7 Å². The van der Waals surface area contributed by atoms with Gasteiger partial charge in [0.05, 0.1) is 12.2 Å².